The van der Waals surface area contributed by atoms with Gasteiger partial charge in [-0.2, -0.15) is 17.5 Å². The van der Waals surface area contributed by atoms with Crippen LogP contribution < -0.4 is 5.32 Å². The molecule has 2 aromatic rings. The molecule has 2 aromatic carbocycles. The van der Waals surface area contributed by atoms with E-state index < -0.39 is 45.9 Å². The van der Waals surface area contributed by atoms with Crippen molar-refractivity contribution in [1.29, 1.82) is 0 Å². The molecular weight excluding hydrogens is 461 g/mol. The van der Waals surface area contributed by atoms with Gasteiger partial charge < -0.3 is 10.1 Å². The zero-order chi connectivity index (χ0) is 24.1. The van der Waals surface area contributed by atoms with E-state index in [-0.39, 0.29) is 10.5 Å². The minimum absolute atomic E-state index is 0.00769. The van der Waals surface area contributed by atoms with Gasteiger partial charge in [0.15, 0.2) is 6.61 Å². The van der Waals surface area contributed by atoms with Crippen LogP contribution in [0.2, 0.25) is 0 Å². The third-order valence-electron chi connectivity index (χ3n) is 5.13. The summed E-state index contributed by atoms with van der Waals surface area (Å²) in [4.78, 5) is 24.2. The smallest absolute Gasteiger partial charge is 0.418 e. The topological polar surface area (TPSA) is 92.8 Å². The number of para-hydroxylation sites is 1. The van der Waals surface area contributed by atoms with Gasteiger partial charge in [0.1, 0.15) is 0 Å². The molecule has 7 nitrogen and oxygen atoms in total. The lowest BCUT2D eigenvalue weighted by atomic mass is 10.1. The van der Waals surface area contributed by atoms with Crippen molar-refractivity contribution in [2.45, 2.75) is 36.8 Å². The van der Waals surface area contributed by atoms with Crippen molar-refractivity contribution in [2.75, 3.05) is 25.0 Å². The maximum Gasteiger partial charge on any atom is 0.418 e. The summed E-state index contributed by atoms with van der Waals surface area (Å²) in [5, 5.41) is 2.07. The van der Waals surface area contributed by atoms with Crippen molar-refractivity contribution < 1.29 is 35.9 Å². The Morgan fingerprint density at radius 1 is 0.939 bits per heavy atom. The number of hydrogen-bond donors (Lipinski definition) is 1. The molecule has 0 unspecified atom stereocenters. The Balaban J connectivity index is 1.60. The Labute approximate surface area is 189 Å². The third kappa shape index (κ3) is 6.32. The first-order valence-corrected chi connectivity index (χ1v) is 11.8. The van der Waals surface area contributed by atoms with Gasteiger partial charge in [0, 0.05) is 13.1 Å². The van der Waals surface area contributed by atoms with Crippen molar-refractivity contribution in [1.82, 2.24) is 4.31 Å². The Morgan fingerprint density at radius 3 is 2.15 bits per heavy atom. The number of halogens is 3. The average molecular weight is 484 g/mol. The maximum absolute atomic E-state index is 13.0. The standard InChI is InChI=1S/C22H23F3N2O5S/c23-22(24,25)18-7-3-4-8-19(18)26-20(28)15-32-21(29)16-9-11-17(12-10-16)33(30,31)27-13-5-1-2-6-14-27/h3-4,7-12H,1-2,5-6,13-15H2,(H,26,28). The van der Waals surface area contributed by atoms with Gasteiger partial charge in [-0.15, -0.1) is 0 Å². The number of benzene rings is 2. The van der Waals surface area contributed by atoms with Crippen LogP contribution >= 0.6 is 0 Å². The van der Waals surface area contributed by atoms with Gasteiger partial charge in [-0.25, -0.2) is 13.2 Å². The fourth-order valence-corrected chi connectivity index (χ4v) is 4.95. The lowest BCUT2D eigenvalue weighted by Crippen LogP contribution is -2.31. The number of hydrogen-bond acceptors (Lipinski definition) is 5. The SMILES string of the molecule is O=C(COC(=O)c1ccc(S(=O)(=O)N2CCCCCC2)cc1)Nc1ccccc1C(F)(F)F. The first-order valence-electron chi connectivity index (χ1n) is 10.3. The highest BCUT2D eigenvalue weighted by molar-refractivity contribution is 7.89. The van der Waals surface area contributed by atoms with Crippen molar-refractivity contribution in [3.63, 3.8) is 0 Å². The molecule has 0 bridgehead atoms. The molecule has 1 aliphatic rings. The molecule has 3 rings (SSSR count). The van der Waals surface area contributed by atoms with Crippen LogP contribution in [-0.2, 0) is 25.7 Å². The molecule has 33 heavy (non-hydrogen) atoms. The number of esters is 1. The van der Waals surface area contributed by atoms with Crippen molar-refractivity contribution >= 4 is 27.6 Å². The lowest BCUT2D eigenvalue weighted by Gasteiger charge is -2.20. The minimum atomic E-state index is -4.66. The molecule has 0 saturated carbocycles. The zero-order valence-electron chi connectivity index (χ0n) is 17.6. The second-order valence-corrected chi connectivity index (χ2v) is 9.45. The summed E-state index contributed by atoms with van der Waals surface area (Å²) in [6.45, 7) is 0.0796. The molecule has 1 aliphatic heterocycles. The average Bonchev–Trinajstić information content (AvgIpc) is 3.07. The van der Waals surface area contributed by atoms with Crippen LogP contribution in [0, 0.1) is 0 Å². The van der Waals surface area contributed by atoms with E-state index in [9.17, 15) is 31.2 Å². The maximum atomic E-state index is 13.0. The lowest BCUT2D eigenvalue weighted by molar-refractivity contribution is -0.137. The summed E-state index contributed by atoms with van der Waals surface area (Å²) in [7, 11) is -3.68. The first-order chi connectivity index (χ1) is 15.6. The van der Waals surface area contributed by atoms with Gasteiger partial charge in [0.2, 0.25) is 10.0 Å². The second kappa shape index (κ2) is 10.3. The Morgan fingerprint density at radius 2 is 1.55 bits per heavy atom. The predicted octanol–water partition coefficient (Wildman–Crippen LogP) is 4.07. The van der Waals surface area contributed by atoms with Gasteiger partial charge in [0.05, 0.1) is 21.7 Å². The van der Waals surface area contributed by atoms with Gasteiger partial charge in [-0.3, -0.25) is 4.79 Å². The fourth-order valence-electron chi connectivity index (χ4n) is 3.43. The largest absolute Gasteiger partial charge is 0.452 e. The molecule has 1 fully saturated rings. The highest BCUT2D eigenvalue weighted by Crippen LogP contribution is 2.34. The molecular formula is C22H23F3N2O5S. The highest BCUT2D eigenvalue weighted by Gasteiger charge is 2.33. The molecule has 0 spiro atoms. The number of nitrogens with zero attached hydrogens (tertiary/aromatic N) is 1. The fraction of sp³-hybridized carbons (Fsp3) is 0.364. The number of carbonyl (C=O) groups excluding carboxylic acids is 2. The summed E-state index contributed by atoms with van der Waals surface area (Å²) in [6, 6.07) is 9.54. The van der Waals surface area contributed by atoms with E-state index in [0.29, 0.717) is 13.1 Å². The molecule has 0 radical (unpaired) electrons. The van der Waals surface area contributed by atoms with Crippen LogP contribution in [0.4, 0.5) is 18.9 Å². The molecule has 178 valence electrons. The summed E-state index contributed by atoms with van der Waals surface area (Å²) >= 11 is 0. The van der Waals surface area contributed by atoms with Crippen LogP contribution in [0.1, 0.15) is 41.6 Å². The van der Waals surface area contributed by atoms with E-state index in [1.165, 1.54) is 40.7 Å². The summed E-state index contributed by atoms with van der Waals surface area (Å²) in [5.74, 6) is -1.85. The van der Waals surface area contributed by atoms with E-state index in [4.69, 9.17) is 4.74 Å². The zero-order valence-corrected chi connectivity index (χ0v) is 18.4. The number of carbonyl (C=O) groups is 2. The van der Waals surface area contributed by atoms with Crippen molar-refractivity contribution in [2.24, 2.45) is 0 Å². The predicted molar refractivity (Wildman–Crippen MR) is 114 cm³/mol. The van der Waals surface area contributed by atoms with Crippen molar-refractivity contribution in [3.8, 4) is 0 Å². The Kier molecular flexibility index (Phi) is 7.75. The Bertz CT molecular complexity index is 1090. The van der Waals surface area contributed by atoms with E-state index in [1.54, 1.807) is 0 Å². The molecule has 0 aromatic heterocycles. The summed E-state index contributed by atoms with van der Waals surface area (Å²) < 4.78 is 70.9. The normalized spacial score (nSPS) is 15.5. The molecule has 0 atom stereocenters. The number of alkyl halides is 3. The highest BCUT2D eigenvalue weighted by atomic mass is 32.2. The number of anilines is 1. The minimum Gasteiger partial charge on any atom is -0.452 e. The van der Waals surface area contributed by atoms with E-state index in [2.05, 4.69) is 5.32 Å². The number of rotatable bonds is 6. The molecule has 1 saturated heterocycles. The number of amides is 1. The molecule has 11 heteroatoms. The van der Waals surface area contributed by atoms with Crippen LogP contribution in [0.15, 0.2) is 53.4 Å². The molecule has 0 aliphatic carbocycles. The molecule has 1 N–H and O–H groups in total. The third-order valence-corrected chi connectivity index (χ3v) is 7.05. The van der Waals surface area contributed by atoms with E-state index >= 15 is 0 Å². The van der Waals surface area contributed by atoms with Crippen molar-refractivity contribution in [3.05, 3.63) is 59.7 Å². The number of nitrogens with one attached hydrogen (secondary N) is 1. The van der Waals surface area contributed by atoms with Crippen LogP contribution in [0.3, 0.4) is 0 Å². The second-order valence-electron chi connectivity index (χ2n) is 7.51. The molecule has 1 heterocycles. The van der Waals surface area contributed by atoms with Crippen LogP contribution in [0.25, 0.3) is 0 Å². The van der Waals surface area contributed by atoms with E-state index in [0.717, 1.165) is 37.8 Å². The van der Waals surface area contributed by atoms with Gasteiger partial charge in [0.25, 0.3) is 5.91 Å². The van der Waals surface area contributed by atoms with Crippen LogP contribution in [-0.4, -0.2) is 44.3 Å². The van der Waals surface area contributed by atoms with Gasteiger partial charge >= 0.3 is 12.1 Å². The monoisotopic (exact) mass is 484 g/mol. The van der Waals surface area contributed by atoms with Gasteiger partial charge in [-0.05, 0) is 49.2 Å². The quantitative estimate of drug-likeness (QED) is 0.624. The van der Waals surface area contributed by atoms with E-state index in [1.807, 2.05) is 0 Å². The number of sulfonamides is 1. The summed E-state index contributed by atoms with van der Waals surface area (Å²) in [6.07, 6.45) is -1.12. The number of ether oxygens (including phenoxy) is 1. The molecule has 1 amide bonds. The summed E-state index contributed by atoms with van der Waals surface area (Å²) in [5.41, 5.74) is -1.46. The van der Waals surface area contributed by atoms with Crippen LogP contribution in [0.5, 0.6) is 0 Å². The van der Waals surface area contributed by atoms with Gasteiger partial charge in [-0.1, -0.05) is 25.0 Å². The Hall–Kier alpha value is -2.92. The first kappa shape index (κ1) is 24.7.